The summed E-state index contributed by atoms with van der Waals surface area (Å²) < 4.78 is 24.9. The molecule has 0 heterocycles. The lowest BCUT2D eigenvalue weighted by molar-refractivity contribution is 0.570. The average Bonchev–Trinajstić information content (AvgIpc) is 1.85. The van der Waals surface area contributed by atoms with Crippen LogP contribution in [0, 0.1) is 0 Å². The van der Waals surface area contributed by atoms with E-state index in [0.29, 0.717) is 11.4 Å². The van der Waals surface area contributed by atoms with Crippen LogP contribution in [0.15, 0.2) is 0 Å². The molecule has 0 saturated carbocycles. The monoisotopic (exact) mass is 257 g/mol. The van der Waals surface area contributed by atoms with Gasteiger partial charge in [0.1, 0.15) is 0 Å². The summed E-state index contributed by atoms with van der Waals surface area (Å²) in [5, 5.41) is -0.344. The molecule has 1 atom stereocenters. The highest BCUT2D eigenvalue weighted by Crippen LogP contribution is 2.02. The molecule has 0 spiro atoms. The summed E-state index contributed by atoms with van der Waals surface area (Å²) in [6.45, 7) is 5.83. The molecule has 0 aliphatic heterocycles. The first kappa shape index (κ1) is 12.4. The van der Waals surface area contributed by atoms with Crippen molar-refractivity contribution in [2.75, 3.05) is 6.54 Å². The second-order valence-electron chi connectivity index (χ2n) is 3.06. The minimum Gasteiger partial charge on any atom is -0.215 e. The van der Waals surface area contributed by atoms with Gasteiger partial charge in [0.15, 0.2) is 0 Å². The van der Waals surface area contributed by atoms with E-state index in [1.807, 2.05) is 6.92 Å². The fraction of sp³-hybridized carbons (Fsp3) is 1.00. The first-order valence-electron chi connectivity index (χ1n) is 3.99. The number of sulfonamides is 1. The lowest BCUT2D eigenvalue weighted by Crippen LogP contribution is -2.32. The number of hydrogen-bond acceptors (Lipinski definition) is 2. The van der Waals surface area contributed by atoms with Crippen LogP contribution in [0.4, 0.5) is 0 Å². The second-order valence-corrected chi connectivity index (χ2v) is 6.94. The summed E-state index contributed by atoms with van der Waals surface area (Å²) in [4.78, 5) is 0.354. The molecule has 0 saturated heterocycles. The molecule has 0 bridgehead atoms. The van der Waals surface area contributed by atoms with E-state index in [2.05, 4.69) is 20.7 Å². The molecule has 12 heavy (non-hydrogen) atoms. The van der Waals surface area contributed by atoms with Crippen LogP contribution in [0.5, 0.6) is 0 Å². The molecule has 0 aliphatic carbocycles. The predicted octanol–water partition coefficient (Wildman–Crippen LogP) is 1.49. The Labute approximate surface area is 83.1 Å². The van der Waals surface area contributed by atoms with Gasteiger partial charge in [0.25, 0.3) is 0 Å². The number of nitrogens with one attached hydrogen (secondary N) is 1. The highest BCUT2D eigenvalue weighted by molar-refractivity contribution is 9.09. The third-order valence-corrected chi connectivity index (χ3v) is 3.77. The third-order valence-electron chi connectivity index (χ3n) is 1.47. The lowest BCUT2D eigenvalue weighted by atomic mass is 10.3. The Morgan fingerprint density at radius 2 is 1.83 bits per heavy atom. The van der Waals surface area contributed by atoms with Crippen molar-refractivity contribution in [3.63, 3.8) is 0 Å². The van der Waals surface area contributed by atoms with Crippen LogP contribution in [0.2, 0.25) is 0 Å². The minimum absolute atomic E-state index is 0.344. The van der Waals surface area contributed by atoms with Crippen LogP contribution in [-0.4, -0.2) is 25.0 Å². The van der Waals surface area contributed by atoms with Gasteiger partial charge in [-0.05, 0) is 20.3 Å². The van der Waals surface area contributed by atoms with Crippen molar-refractivity contribution >= 4 is 26.0 Å². The van der Waals surface area contributed by atoms with Gasteiger partial charge in [-0.2, -0.15) is 0 Å². The first-order valence-corrected chi connectivity index (χ1v) is 6.45. The summed E-state index contributed by atoms with van der Waals surface area (Å²) in [6, 6.07) is 0. The van der Waals surface area contributed by atoms with Gasteiger partial charge in [-0.15, -0.1) is 0 Å². The van der Waals surface area contributed by atoms with E-state index in [4.69, 9.17) is 0 Å². The highest BCUT2D eigenvalue weighted by Gasteiger charge is 2.14. The van der Waals surface area contributed by atoms with Crippen LogP contribution >= 0.6 is 15.9 Å². The summed E-state index contributed by atoms with van der Waals surface area (Å²) in [5.74, 6) is 0. The molecule has 74 valence electrons. The zero-order valence-electron chi connectivity index (χ0n) is 7.67. The third kappa shape index (κ3) is 5.11. The molecule has 1 N–H and O–H groups in total. The summed E-state index contributed by atoms with van der Waals surface area (Å²) >= 11 is 3.34. The van der Waals surface area contributed by atoms with E-state index >= 15 is 0 Å². The van der Waals surface area contributed by atoms with Gasteiger partial charge in [0.2, 0.25) is 10.0 Å². The zero-order valence-corrected chi connectivity index (χ0v) is 10.1. The zero-order chi connectivity index (χ0) is 9.78. The highest BCUT2D eigenvalue weighted by atomic mass is 79.9. The van der Waals surface area contributed by atoms with Crippen molar-refractivity contribution < 1.29 is 8.42 Å². The molecular weight excluding hydrogens is 242 g/mol. The molecule has 0 amide bonds. The van der Waals surface area contributed by atoms with Crippen molar-refractivity contribution in [2.24, 2.45) is 0 Å². The molecule has 0 fully saturated rings. The van der Waals surface area contributed by atoms with E-state index in [1.54, 1.807) is 13.8 Å². The lowest BCUT2D eigenvalue weighted by Gasteiger charge is -2.09. The van der Waals surface area contributed by atoms with Crippen molar-refractivity contribution in [1.29, 1.82) is 0 Å². The molecule has 0 aromatic carbocycles. The van der Waals surface area contributed by atoms with Crippen LogP contribution in [-0.2, 0) is 10.0 Å². The molecular formula is C7H16BrNO2S. The van der Waals surface area contributed by atoms with E-state index in [1.165, 1.54) is 0 Å². The smallest absolute Gasteiger partial charge is 0.213 e. The fourth-order valence-corrected chi connectivity index (χ4v) is 1.53. The van der Waals surface area contributed by atoms with Crippen LogP contribution in [0.3, 0.4) is 0 Å². The topological polar surface area (TPSA) is 46.2 Å². The minimum atomic E-state index is -3.06. The van der Waals surface area contributed by atoms with Gasteiger partial charge in [-0.1, -0.05) is 22.9 Å². The van der Waals surface area contributed by atoms with Crippen molar-refractivity contribution in [3.05, 3.63) is 0 Å². The molecule has 0 aliphatic rings. The molecule has 0 aromatic heterocycles. The number of hydrogen-bond donors (Lipinski definition) is 1. The Balaban J connectivity index is 3.79. The van der Waals surface area contributed by atoms with Crippen molar-refractivity contribution in [3.8, 4) is 0 Å². The average molecular weight is 258 g/mol. The Morgan fingerprint density at radius 3 is 2.17 bits per heavy atom. The van der Waals surface area contributed by atoms with Gasteiger partial charge in [0, 0.05) is 11.4 Å². The molecule has 1 unspecified atom stereocenters. The molecule has 0 rings (SSSR count). The van der Waals surface area contributed by atoms with Gasteiger partial charge in [-0.25, -0.2) is 13.1 Å². The quantitative estimate of drug-likeness (QED) is 0.759. The van der Waals surface area contributed by atoms with Crippen LogP contribution in [0.1, 0.15) is 27.2 Å². The van der Waals surface area contributed by atoms with Crippen molar-refractivity contribution in [2.45, 2.75) is 37.3 Å². The fourth-order valence-electron chi connectivity index (χ4n) is 0.567. The Morgan fingerprint density at radius 1 is 1.33 bits per heavy atom. The van der Waals surface area contributed by atoms with Crippen molar-refractivity contribution in [1.82, 2.24) is 4.72 Å². The molecule has 0 aromatic rings. The number of halogens is 1. The Kier molecular flexibility index (Phi) is 5.36. The maximum absolute atomic E-state index is 11.2. The largest absolute Gasteiger partial charge is 0.215 e. The second kappa shape index (κ2) is 5.19. The molecule has 0 radical (unpaired) electrons. The summed E-state index contributed by atoms with van der Waals surface area (Å²) in [7, 11) is -3.06. The number of rotatable bonds is 5. The molecule has 5 heteroatoms. The van der Waals surface area contributed by atoms with E-state index in [-0.39, 0.29) is 5.25 Å². The van der Waals surface area contributed by atoms with Gasteiger partial charge in [0.05, 0.1) is 5.25 Å². The Hall–Kier alpha value is 0.390. The number of alkyl halides is 1. The SMILES string of the molecule is CC(Br)CCNS(=O)(=O)C(C)C. The normalized spacial score (nSPS) is 15.1. The van der Waals surface area contributed by atoms with E-state index in [0.717, 1.165) is 6.42 Å². The summed E-state index contributed by atoms with van der Waals surface area (Å²) in [6.07, 6.45) is 0.811. The maximum Gasteiger partial charge on any atom is 0.213 e. The van der Waals surface area contributed by atoms with E-state index < -0.39 is 10.0 Å². The van der Waals surface area contributed by atoms with Gasteiger partial charge < -0.3 is 0 Å². The van der Waals surface area contributed by atoms with Gasteiger partial charge in [-0.3, -0.25) is 0 Å². The van der Waals surface area contributed by atoms with Gasteiger partial charge >= 0.3 is 0 Å². The summed E-state index contributed by atoms with van der Waals surface area (Å²) in [5.41, 5.74) is 0. The van der Waals surface area contributed by atoms with E-state index in [9.17, 15) is 8.42 Å². The molecule has 3 nitrogen and oxygen atoms in total. The van der Waals surface area contributed by atoms with Crippen LogP contribution < -0.4 is 4.72 Å². The van der Waals surface area contributed by atoms with Crippen LogP contribution in [0.25, 0.3) is 0 Å². The first-order chi connectivity index (χ1) is 5.36. The Bertz CT molecular complexity index is 211. The maximum atomic E-state index is 11.2. The predicted molar refractivity (Wildman–Crippen MR) is 55.1 cm³/mol. The standard InChI is InChI=1S/C7H16BrNO2S/c1-6(2)12(10,11)9-5-4-7(3)8/h6-7,9H,4-5H2,1-3H3.